The summed E-state index contributed by atoms with van der Waals surface area (Å²) in [4.78, 5) is 38.2. The molecule has 0 aliphatic rings. The van der Waals surface area contributed by atoms with Gasteiger partial charge in [0.1, 0.15) is 13.2 Å². The van der Waals surface area contributed by atoms with E-state index in [9.17, 15) is 14.4 Å². The van der Waals surface area contributed by atoms with Gasteiger partial charge in [0.2, 0.25) is 0 Å². The Morgan fingerprint density at radius 2 is 0.500 bits per heavy atom. The van der Waals surface area contributed by atoms with Crippen LogP contribution in [0, 0.1) is 0 Å². The van der Waals surface area contributed by atoms with Crippen molar-refractivity contribution in [2.45, 2.75) is 354 Å². The standard InChI is InChI=1S/C66H122O6/c1-4-7-10-13-16-19-22-25-27-29-30-31-32-33-34-35-36-37-39-41-44-47-50-53-56-59-65(68)71-62-63(61-70-64(67)58-55-52-49-46-43-40-24-21-18-15-12-9-6-3)72-66(69)60-57-54-51-48-45-42-38-28-26-23-20-17-14-11-8-5-2/h20-21,23-24,28,38,63H,4-19,22,25-27,29-37,39-62H2,1-3H3/b23-20-,24-21-,38-28-. The molecule has 0 amide bonds. The smallest absolute Gasteiger partial charge is 0.306 e. The van der Waals surface area contributed by atoms with Crippen LogP contribution >= 0.6 is 0 Å². The molecule has 0 heterocycles. The second-order valence-electron chi connectivity index (χ2n) is 21.7. The van der Waals surface area contributed by atoms with Crippen LogP contribution in [0.25, 0.3) is 0 Å². The van der Waals surface area contributed by atoms with Crippen LogP contribution in [-0.4, -0.2) is 37.2 Å². The molecule has 0 radical (unpaired) electrons. The van der Waals surface area contributed by atoms with Crippen LogP contribution in [0.4, 0.5) is 0 Å². The van der Waals surface area contributed by atoms with Crippen molar-refractivity contribution in [2.24, 2.45) is 0 Å². The number of carbonyl (C=O) groups excluding carboxylic acids is 3. The predicted octanol–water partition coefficient (Wildman–Crippen LogP) is 21.6. The van der Waals surface area contributed by atoms with Gasteiger partial charge in [-0.3, -0.25) is 14.4 Å². The molecule has 6 nitrogen and oxygen atoms in total. The Morgan fingerprint density at radius 1 is 0.278 bits per heavy atom. The molecule has 0 rings (SSSR count). The van der Waals surface area contributed by atoms with Crippen LogP contribution in [0.5, 0.6) is 0 Å². The first-order chi connectivity index (χ1) is 35.5. The Morgan fingerprint density at radius 3 is 0.792 bits per heavy atom. The molecule has 0 bridgehead atoms. The summed E-state index contributed by atoms with van der Waals surface area (Å²) < 4.78 is 16.9. The lowest BCUT2D eigenvalue weighted by Gasteiger charge is -2.18. The van der Waals surface area contributed by atoms with Gasteiger partial charge in [0, 0.05) is 19.3 Å². The first-order valence-electron chi connectivity index (χ1n) is 32.0. The molecule has 72 heavy (non-hydrogen) atoms. The van der Waals surface area contributed by atoms with Gasteiger partial charge in [-0.2, -0.15) is 0 Å². The molecule has 0 aromatic rings. The fourth-order valence-electron chi connectivity index (χ4n) is 9.53. The van der Waals surface area contributed by atoms with E-state index in [-0.39, 0.29) is 31.1 Å². The van der Waals surface area contributed by atoms with Gasteiger partial charge in [0.25, 0.3) is 0 Å². The van der Waals surface area contributed by atoms with Crippen molar-refractivity contribution in [3.63, 3.8) is 0 Å². The molecule has 0 aliphatic carbocycles. The van der Waals surface area contributed by atoms with E-state index >= 15 is 0 Å². The maximum atomic E-state index is 12.9. The molecular formula is C66H122O6. The molecule has 6 heteroatoms. The summed E-state index contributed by atoms with van der Waals surface area (Å²) in [6, 6.07) is 0. The average molecular weight is 1010 g/mol. The van der Waals surface area contributed by atoms with Gasteiger partial charge < -0.3 is 14.2 Å². The summed E-state index contributed by atoms with van der Waals surface area (Å²) in [6.45, 7) is 6.64. The molecule has 0 saturated heterocycles. The normalized spacial score (nSPS) is 12.2. The van der Waals surface area contributed by atoms with Gasteiger partial charge in [0.15, 0.2) is 6.10 Å². The zero-order valence-electron chi connectivity index (χ0n) is 48.5. The minimum atomic E-state index is -0.781. The molecule has 1 atom stereocenters. The molecule has 0 aromatic heterocycles. The number of carbonyl (C=O) groups is 3. The summed E-state index contributed by atoms with van der Waals surface area (Å²) in [5.41, 5.74) is 0. The SMILES string of the molecule is CCCCCC/C=C\C/C=C\CCCCCCCC(=O)OC(COC(=O)CCCCCCC/C=C\CCCCCC)COC(=O)CCCCCCCCCCCCCCCCCCCCCCCCCCC. The Bertz CT molecular complexity index is 1210. The number of ether oxygens (including phenoxy) is 3. The van der Waals surface area contributed by atoms with Gasteiger partial charge >= 0.3 is 17.9 Å². The average Bonchev–Trinajstić information content (AvgIpc) is 3.38. The molecule has 0 saturated carbocycles. The molecule has 0 N–H and O–H groups in total. The summed E-state index contributed by atoms with van der Waals surface area (Å²) in [5, 5.41) is 0. The zero-order valence-corrected chi connectivity index (χ0v) is 48.5. The molecule has 1 unspecified atom stereocenters. The second-order valence-corrected chi connectivity index (χ2v) is 21.7. The van der Waals surface area contributed by atoms with E-state index in [0.717, 1.165) is 89.9 Å². The summed E-state index contributed by atoms with van der Waals surface area (Å²) in [7, 11) is 0. The van der Waals surface area contributed by atoms with Crippen molar-refractivity contribution in [3.8, 4) is 0 Å². The van der Waals surface area contributed by atoms with Gasteiger partial charge in [-0.25, -0.2) is 0 Å². The number of esters is 3. The van der Waals surface area contributed by atoms with E-state index in [1.807, 2.05) is 0 Å². The third kappa shape index (κ3) is 58.5. The third-order valence-electron chi connectivity index (χ3n) is 14.4. The quantitative estimate of drug-likeness (QED) is 0.0261. The van der Waals surface area contributed by atoms with E-state index in [2.05, 4.69) is 57.2 Å². The fraction of sp³-hybridized carbons (Fsp3) is 0.864. The van der Waals surface area contributed by atoms with Crippen molar-refractivity contribution >= 4 is 17.9 Å². The van der Waals surface area contributed by atoms with Gasteiger partial charge in [-0.05, 0) is 77.0 Å². The van der Waals surface area contributed by atoms with Gasteiger partial charge in [0.05, 0.1) is 0 Å². The Balaban J connectivity index is 4.24. The largest absolute Gasteiger partial charge is 0.462 e. The zero-order chi connectivity index (χ0) is 52.2. The minimum absolute atomic E-state index is 0.0766. The number of allylic oxidation sites excluding steroid dienone is 6. The lowest BCUT2D eigenvalue weighted by atomic mass is 10.0. The fourth-order valence-corrected chi connectivity index (χ4v) is 9.53. The summed E-state index contributed by atoms with van der Waals surface area (Å²) in [6.07, 6.45) is 74.4. The monoisotopic (exact) mass is 1010 g/mol. The lowest BCUT2D eigenvalue weighted by Crippen LogP contribution is -2.30. The number of hydrogen-bond donors (Lipinski definition) is 0. The number of unbranched alkanes of at least 4 members (excludes halogenated alkanes) is 42. The second kappa shape index (κ2) is 61.2. The number of hydrogen-bond acceptors (Lipinski definition) is 6. The van der Waals surface area contributed by atoms with Gasteiger partial charge in [-0.1, -0.05) is 288 Å². The van der Waals surface area contributed by atoms with E-state index < -0.39 is 6.10 Å². The summed E-state index contributed by atoms with van der Waals surface area (Å²) >= 11 is 0. The maximum Gasteiger partial charge on any atom is 0.306 e. The third-order valence-corrected chi connectivity index (χ3v) is 14.4. The minimum Gasteiger partial charge on any atom is -0.462 e. The highest BCUT2D eigenvalue weighted by atomic mass is 16.6. The topological polar surface area (TPSA) is 78.9 Å². The first kappa shape index (κ1) is 69.6. The molecule has 0 fully saturated rings. The Hall–Kier alpha value is -2.37. The summed E-state index contributed by atoms with van der Waals surface area (Å²) in [5.74, 6) is -0.879. The maximum absolute atomic E-state index is 12.9. The highest BCUT2D eigenvalue weighted by molar-refractivity contribution is 5.71. The van der Waals surface area contributed by atoms with Crippen molar-refractivity contribution in [2.75, 3.05) is 13.2 Å². The molecular weight excluding hydrogens is 889 g/mol. The van der Waals surface area contributed by atoms with Crippen molar-refractivity contribution in [1.82, 2.24) is 0 Å². The molecule has 422 valence electrons. The van der Waals surface area contributed by atoms with Crippen molar-refractivity contribution in [3.05, 3.63) is 36.5 Å². The highest BCUT2D eigenvalue weighted by Crippen LogP contribution is 2.18. The predicted molar refractivity (Wildman–Crippen MR) is 312 cm³/mol. The van der Waals surface area contributed by atoms with E-state index in [1.54, 1.807) is 0 Å². The van der Waals surface area contributed by atoms with Crippen LogP contribution < -0.4 is 0 Å². The Labute approximate surface area is 448 Å². The molecule has 0 spiro atoms. The van der Waals surface area contributed by atoms with Crippen molar-refractivity contribution in [1.29, 1.82) is 0 Å². The van der Waals surface area contributed by atoms with E-state index in [4.69, 9.17) is 14.2 Å². The van der Waals surface area contributed by atoms with Crippen LogP contribution in [0.3, 0.4) is 0 Å². The van der Waals surface area contributed by atoms with Crippen molar-refractivity contribution < 1.29 is 28.6 Å². The van der Waals surface area contributed by atoms with E-state index in [0.29, 0.717) is 19.3 Å². The lowest BCUT2D eigenvalue weighted by molar-refractivity contribution is -0.167. The highest BCUT2D eigenvalue weighted by Gasteiger charge is 2.19. The van der Waals surface area contributed by atoms with E-state index in [1.165, 1.54) is 218 Å². The van der Waals surface area contributed by atoms with Crippen LogP contribution in [-0.2, 0) is 28.6 Å². The van der Waals surface area contributed by atoms with Gasteiger partial charge in [-0.15, -0.1) is 0 Å². The molecule has 0 aromatic carbocycles. The molecule has 0 aliphatic heterocycles. The van der Waals surface area contributed by atoms with Crippen LogP contribution in [0.1, 0.15) is 348 Å². The van der Waals surface area contributed by atoms with Crippen LogP contribution in [0.15, 0.2) is 36.5 Å². The van der Waals surface area contributed by atoms with Crippen LogP contribution in [0.2, 0.25) is 0 Å². The number of rotatable bonds is 59. The first-order valence-corrected chi connectivity index (χ1v) is 32.0. The Kier molecular flexibility index (Phi) is 59.2.